The normalized spacial score (nSPS) is 17.2. The average molecular weight is 197 g/mol. The van der Waals surface area contributed by atoms with Gasteiger partial charge in [-0.05, 0) is 37.1 Å². The summed E-state index contributed by atoms with van der Waals surface area (Å²) in [6.45, 7) is 0. The Hall–Kier alpha value is -1.03. The molecule has 1 aliphatic rings. The summed E-state index contributed by atoms with van der Waals surface area (Å²) < 4.78 is 23.2. The summed E-state index contributed by atoms with van der Waals surface area (Å²) >= 11 is 0. The van der Waals surface area contributed by atoms with E-state index in [1.54, 1.807) is 0 Å². The van der Waals surface area contributed by atoms with Gasteiger partial charge in [-0.15, -0.1) is 0 Å². The summed E-state index contributed by atoms with van der Waals surface area (Å²) in [6, 6.07) is 5.34. The van der Waals surface area contributed by atoms with Crippen LogP contribution in [0.5, 0.6) is 5.75 Å². The Morgan fingerprint density at radius 3 is 2.08 bits per heavy atom. The zero-order valence-electron chi connectivity index (χ0n) is 6.93. The van der Waals surface area contributed by atoms with Crippen LogP contribution < -0.4 is 0 Å². The van der Waals surface area contributed by atoms with Crippen LogP contribution >= 0.6 is 0 Å². The van der Waals surface area contributed by atoms with Crippen LogP contribution in [0.25, 0.3) is 0 Å². The Kier molecular flexibility index (Phi) is 1.80. The van der Waals surface area contributed by atoms with E-state index in [1.165, 1.54) is 24.3 Å². The van der Waals surface area contributed by atoms with Crippen LogP contribution in [0, 0.1) is 0 Å². The SMILES string of the molecule is [O]c1ccc(S(=O)(=O)C2CC2)cc1. The molecule has 0 atom stereocenters. The number of rotatable bonds is 2. The first-order chi connectivity index (χ1) is 6.10. The van der Waals surface area contributed by atoms with E-state index in [2.05, 4.69) is 0 Å². The van der Waals surface area contributed by atoms with Crippen molar-refractivity contribution in [2.75, 3.05) is 0 Å². The van der Waals surface area contributed by atoms with E-state index >= 15 is 0 Å². The first kappa shape index (κ1) is 8.56. The third kappa shape index (κ3) is 1.54. The summed E-state index contributed by atoms with van der Waals surface area (Å²) in [7, 11) is -3.12. The van der Waals surface area contributed by atoms with Gasteiger partial charge in [-0.3, -0.25) is 5.11 Å². The summed E-state index contributed by atoms with van der Waals surface area (Å²) in [5.74, 6) is -0.158. The molecule has 2 rings (SSSR count). The maximum Gasteiger partial charge on any atom is 0.181 e. The highest BCUT2D eigenvalue weighted by Crippen LogP contribution is 2.33. The Labute approximate surface area is 76.9 Å². The van der Waals surface area contributed by atoms with Crippen molar-refractivity contribution in [3.63, 3.8) is 0 Å². The van der Waals surface area contributed by atoms with Gasteiger partial charge in [0.2, 0.25) is 0 Å². The molecule has 1 aliphatic carbocycles. The van der Waals surface area contributed by atoms with Crippen molar-refractivity contribution in [2.24, 2.45) is 0 Å². The molecule has 1 aromatic rings. The van der Waals surface area contributed by atoms with Crippen LogP contribution in [0.1, 0.15) is 12.8 Å². The van der Waals surface area contributed by atoms with E-state index in [4.69, 9.17) is 0 Å². The van der Waals surface area contributed by atoms with Crippen molar-refractivity contribution in [3.8, 4) is 5.75 Å². The minimum atomic E-state index is -3.12. The molecule has 0 unspecified atom stereocenters. The second-order valence-electron chi connectivity index (χ2n) is 3.22. The van der Waals surface area contributed by atoms with E-state index in [-0.39, 0.29) is 15.9 Å². The van der Waals surface area contributed by atoms with Crippen molar-refractivity contribution >= 4 is 9.84 Å². The molecular formula is C9H9O3S. The van der Waals surface area contributed by atoms with Crippen LogP contribution in [0.15, 0.2) is 29.2 Å². The summed E-state index contributed by atoms with van der Waals surface area (Å²) in [5, 5.41) is 10.5. The molecule has 1 saturated carbocycles. The predicted molar refractivity (Wildman–Crippen MR) is 46.8 cm³/mol. The lowest BCUT2D eigenvalue weighted by Gasteiger charge is -2.00. The van der Waals surface area contributed by atoms with Crippen LogP contribution in [0.2, 0.25) is 0 Å². The maximum atomic E-state index is 11.6. The van der Waals surface area contributed by atoms with Gasteiger partial charge in [0.25, 0.3) is 0 Å². The Bertz CT molecular complexity index is 401. The van der Waals surface area contributed by atoms with Gasteiger partial charge in [-0.1, -0.05) is 0 Å². The van der Waals surface area contributed by atoms with Gasteiger partial charge in [0.05, 0.1) is 10.1 Å². The third-order valence-electron chi connectivity index (χ3n) is 2.12. The summed E-state index contributed by atoms with van der Waals surface area (Å²) in [4.78, 5) is 0.273. The van der Waals surface area contributed by atoms with E-state index in [9.17, 15) is 13.5 Å². The van der Waals surface area contributed by atoms with Crippen LogP contribution in [0.4, 0.5) is 0 Å². The van der Waals surface area contributed by atoms with Crippen LogP contribution in [-0.2, 0) is 14.9 Å². The lowest BCUT2D eigenvalue weighted by atomic mass is 10.3. The van der Waals surface area contributed by atoms with Gasteiger partial charge in [0.15, 0.2) is 15.6 Å². The Balaban J connectivity index is 2.40. The fourth-order valence-electron chi connectivity index (χ4n) is 1.20. The van der Waals surface area contributed by atoms with E-state index < -0.39 is 9.84 Å². The highest BCUT2D eigenvalue weighted by molar-refractivity contribution is 7.92. The molecule has 0 N–H and O–H groups in total. The number of sulfone groups is 1. The van der Waals surface area contributed by atoms with Gasteiger partial charge in [0.1, 0.15) is 0 Å². The zero-order valence-corrected chi connectivity index (χ0v) is 7.75. The van der Waals surface area contributed by atoms with Crippen molar-refractivity contribution in [1.82, 2.24) is 0 Å². The molecule has 0 heterocycles. The molecule has 69 valence electrons. The molecule has 0 spiro atoms. The smallest absolute Gasteiger partial charge is 0.181 e. The van der Waals surface area contributed by atoms with Gasteiger partial charge in [0, 0.05) is 0 Å². The minimum absolute atomic E-state index is 0.158. The second-order valence-corrected chi connectivity index (χ2v) is 5.44. The van der Waals surface area contributed by atoms with Gasteiger partial charge in [-0.2, -0.15) is 0 Å². The highest BCUT2D eigenvalue weighted by atomic mass is 32.2. The van der Waals surface area contributed by atoms with Crippen LogP contribution in [0.3, 0.4) is 0 Å². The molecule has 0 amide bonds. The standard InChI is InChI=1S/C9H9O3S/c10-7-1-3-8(4-2-7)13(11,12)9-5-6-9/h1-4,9H,5-6H2. The first-order valence-corrected chi connectivity index (χ1v) is 5.66. The third-order valence-corrected chi connectivity index (χ3v) is 4.39. The average Bonchev–Trinajstić information content (AvgIpc) is 2.87. The van der Waals surface area contributed by atoms with E-state index in [1.807, 2.05) is 0 Å². The number of benzene rings is 1. The molecule has 13 heavy (non-hydrogen) atoms. The Morgan fingerprint density at radius 1 is 1.08 bits per heavy atom. The molecule has 1 aromatic carbocycles. The van der Waals surface area contributed by atoms with Crippen LogP contribution in [-0.4, -0.2) is 13.7 Å². The first-order valence-electron chi connectivity index (χ1n) is 4.12. The van der Waals surface area contributed by atoms with Crippen molar-refractivity contribution in [1.29, 1.82) is 0 Å². The predicted octanol–water partition coefficient (Wildman–Crippen LogP) is 1.77. The van der Waals surface area contributed by atoms with Gasteiger partial charge < -0.3 is 0 Å². The summed E-state index contributed by atoms with van der Waals surface area (Å²) in [6.07, 6.45) is 1.50. The molecule has 0 aromatic heterocycles. The topological polar surface area (TPSA) is 54.0 Å². The lowest BCUT2D eigenvalue weighted by molar-refractivity contribution is 0.354. The number of hydrogen-bond acceptors (Lipinski definition) is 2. The van der Waals surface area contributed by atoms with E-state index in [0.29, 0.717) is 0 Å². The van der Waals surface area contributed by atoms with Gasteiger partial charge >= 0.3 is 0 Å². The molecule has 0 aliphatic heterocycles. The Morgan fingerprint density at radius 2 is 1.62 bits per heavy atom. The maximum absolute atomic E-state index is 11.6. The summed E-state index contributed by atoms with van der Waals surface area (Å²) in [5.41, 5.74) is 0. The minimum Gasteiger partial charge on any atom is -0.290 e. The quantitative estimate of drug-likeness (QED) is 0.725. The number of hydrogen-bond donors (Lipinski definition) is 0. The molecule has 3 nitrogen and oxygen atoms in total. The van der Waals surface area contributed by atoms with Crippen molar-refractivity contribution in [3.05, 3.63) is 24.3 Å². The second kappa shape index (κ2) is 2.73. The van der Waals surface area contributed by atoms with Gasteiger partial charge in [-0.25, -0.2) is 8.42 Å². The molecule has 1 radical (unpaired) electrons. The van der Waals surface area contributed by atoms with E-state index in [0.717, 1.165) is 12.8 Å². The van der Waals surface area contributed by atoms with Crippen molar-refractivity contribution in [2.45, 2.75) is 23.0 Å². The molecule has 1 fully saturated rings. The largest absolute Gasteiger partial charge is 0.290 e. The zero-order chi connectivity index (χ0) is 9.47. The molecule has 0 bridgehead atoms. The highest BCUT2D eigenvalue weighted by Gasteiger charge is 2.36. The lowest BCUT2D eigenvalue weighted by Crippen LogP contribution is -2.06. The molecule has 0 saturated heterocycles. The fraction of sp³-hybridized carbons (Fsp3) is 0.333. The fourth-order valence-corrected chi connectivity index (χ4v) is 2.86. The molecular weight excluding hydrogens is 188 g/mol. The monoisotopic (exact) mass is 197 g/mol. The van der Waals surface area contributed by atoms with Crippen molar-refractivity contribution < 1.29 is 13.5 Å². The molecule has 4 heteroatoms.